The Bertz CT molecular complexity index is 1020. The molecule has 32 heavy (non-hydrogen) atoms. The summed E-state index contributed by atoms with van der Waals surface area (Å²) in [4.78, 5) is 14.6. The Morgan fingerprint density at radius 2 is 1.91 bits per heavy atom. The predicted octanol–water partition coefficient (Wildman–Crippen LogP) is 1.27. The van der Waals surface area contributed by atoms with Crippen molar-refractivity contribution in [2.45, 2.75) is 25.0 Å². The number of aryl methyl sites for hydroxylation is 1. The van der Waals surface area contributed by atoms with Crippen LogP contribution < -0.4 is 10.5 Å². The van der Waals surface area contributed by atoms with Crippen LogP contribution >= 0.6 is 11.6 Å². The second kappa shape index (κ2) is 11.7. The van der Waals surface area contributed by atoms with Crippen LogP contribution in [0.25, 0.3) is 11.0 Å². The van der Waals surface area contributed by atoms with Gasteiger partial charge in [-0.15, -0.1) is 0 Å². The lowest BCUT2D eigenvalue weighted by Gasteiger charge is -2.20. The molecule has 2 heterocycles. The topological polar surface area (TPSA) is 172 Å². The van der Waals surface area contributed by atoms with Gasteiger partial charge in [0, 0.05) is 17.9 Å². The van der Waals surface area contributed by atoms with Gasteiger partial charge in [-0.05, 0) is 18.2 Å². The Kier molecular flexibility index (Phi) is 9.29. The third-order valence-electron chi connectivity index (χ3n) is 4.28. The summed E-state index contributed by atoms with van der Waals surface area (Å²) in [7, 11) is 0. The number of pyridine rings is 1. The summed E-state index contributed by atoms with van der Waals surface area (Å²) in [6, 6.07) is 6.01. The van der Waals surface area contributed by atoms with E-state index in [2.05, 4.69) is 10.1 Å². The number of benzene rings is 1. The van der Waals surface area contributed by atoms with Crippen molar-refractivity contribution in [3.63, 3.8) is 0 Å². The monoisotopic (exact) mass is 471 g/mol. The van der Waals surface area contributed by atoms with Gasteiger partial charge in [0.25, 0.3) is 0 Å². The van der Waals surface area contributed by atoms with E-state index in [9.17, 15) is 9.18 Å². The van der Waals surface area contributed by atoms with Crippen LogP contribution in [-0.2, 0) is 17.8 Å². The average molecular weight is 472 g/mol. The van der Waals surface area contributed by atoms with Crippen LogP contribution in [0.4, 0.5) is 4.39 Å². The molecule has 0 spiro atoms. The van der Waals surface area contributed by atoms with E-state index in [4.69, 9.17) is 47.0 Å². The van der Waals surface area contributed by atoms with E-state index in [1.165, 1.54) is 12.1 Å². The molecule has 10 nitrogen and oxygen atoms in total. The van der Waals surface area contributed by atoms with Crippen molar-refractivity contribution in [1.29, 1.82) is 0 Å². The molecule has 6 N–H and O–H groups in total. The van der Waals surface area contributed by atoms with Gasteiger partial charge in [0.2, 0.25) is 0 Å². The number of halogens is 2. The zero-order valence-electron chi connectivity index (χ0n) is 16.9. The Hall–Kier alpha value is -2.83. The fourth-order valence-electron chi connectivity index (χ4n) is 2.30. The van der Waals surface area contributed by atoms with E-state index >= 15 is 0 Å². The molecule has 0 bridgehead atoms. The molecule has 0 atom stereocenters. The molecule has 3 rings (SSSR count). The van der Waals surface area contributed by atoms with Crippen LogP contribution in [0, 0.1) is 5.82 Å². The highest BCUT2D eigenvalue weighted by atomic mass is 35.5. The summed E-state index contributed by atoms with van der Waals surface area (Å²) in [5.74, 6) is -0.964. The molecule has 3 aromatic rings. The number of carboxylic acids is 1. The highest BCUT2D eigenvalue weighted by molar-refractivity contribution is 6.32. The van der Waals surface area contributed by atoms with Gasteiger partial charge in [0.15, 0.2) is 5.58 Å². The molecule has 0 aliphatic rings. The van der Waals surface area contributed by atoms with Crippen molar-refractivity contribution in [3.8, 4) is 5.75 Å². The molecule has 0 fully saturated rings. The van der Waals surface area contributed by atoms with E-state index < -0.39 is 37.1 Å². The summed E-state index contributed by atoms with van der Waals surface area (Å²) in [5.41, 5.74) is 5.46. The molecule has 0 aliphatic heterocycles. The summed E-state index contributed by atoms with van der Waals surface area (Å²) in [5, 5.41) is 38.6. The zero-order valence-corrected chi connectivity index (χ0v) is 17.6. The van der Waals surface area contributed by atoms with Gasteiger partial charge in [-0.3, -0.25) is 9.78 Å². The fourth-order valence-corrected chi connectivity index (χ4v) is 2.52. The molecule has 0 aliphatic carbocycles. The molecule has 1 aromatic carbocycles. The van der Waals surface area contributed by atoms with E-state index in [1.54, 1.807) is 12.1 Å². The molecule has 0 saturated carbocycles. The predicted molar refractivity (Wildman–Crippen MR) is 112 cm³/mol. The first-order chi connectivity index (χ1) is 15.2. The number of nitrogens with two attached hydrogens (primary N) is 1. The van der Waals surface area contributed by atoms with Crippen LogP contribution in [0.2, 0.25) is 5.02 Å². The summed E-state index contributed by atoms with van der Waals surface area (Å²) in [6.07, 6.45) is 1.31. The number of carboxylic acid groups (broad SMARTS) is 1. The summed E-state index contributed by atoms with van der Waals surface area (Å²) in [6.45, 7) is -1.09. The third kappa shape index (κ3) is 7.11. The Morgan fingerprint density at radius 3 is 2.44 bits per heavy atom. The first-order valence-corrected chi connectivity index (χ1v) is 9.73. The number of hydrogen-bond donors (Lipinski definition) is 5. The zero-order chi connectivity index (χ0) is 23.7. The number of ether oxygens (including phenoxy) is 1. The Balaban J connectivity index is 0.000000390. The quantitative estimate of drug-likeness (QED) is 0.306. The van der Waals surface area contributed by atoms with E-state index in [1.807, 2.05) is 0 Å². The second-order valence-corrected chi connectivity index (χ2v) is 7.30. The molecule has 0 amide bonds. The van der Waals surface area contributed by atoms with Crippen molar-refractivity contribution in [2.75, 3.05) is 19.8 Å². The normalized spacial score (nSPS) is 11.2. The molecule has 0 saturated heterocycles. The number of carbonyl (C=O) groups is 1. The molecule has 2 aromatic heterocycles. The maximum Gasteiger partial charge on any atom is 0.303 e. The smallest absolute Gasteiger partial charge is 0.303 e. The number of rotatable bonds is 9. The largest absolute Gasteiger partial charge is 0.486 e. The molecule has 0 radical (unpaired) electrons. The minimum absolute atomic E-state index is 0.0479. The summed E-state index contributed by atoms with van der Waals surface area (Å²) >= 11 is 6.20. The van der Waals surface area contributed by atoms with E-state index in [-0.39, 0.29) is 19.4 Å². The maximum atomic E-state index is 12.8. The van der Waals surface area contributed by atoms with Gasteiger partial charge in [-0.1, -0.05) is 16.8 Å². The standard InChI is InChI=1S/C16H12ClFN2O4.C4H11NO3/c17-12-5-11-13(3-4-16(21)22)20-24-14(11)6-15(12)23-8-10-2-1-9(18)7-19-10;5-4(1-6,2-7)3-8/h1-2,5-7H,3-4,8H2,(H,21,22);6-8H,1-3,5H2. The number of aromatic nitrogens is 2. The van der Waals surface area contributed by atoms with Gasteiger partial charge < -0.3 is 35.4 Å². The van der Waals surface area contributed by atoms with Gasteiger partial charge in [0.05, 0.1) is 54.4 Å². The van der Waals surface area contributed by atoms with Crippen molar-refractivity contribution in [1.82, 2.24) is 10.1 Å². The number of aliphatic carboxylic acids is 1. The van der Waals surface area contributed by atoms with Crippen LogP contribution in [0.5, 0.6) is 5.75 Å². The number of aliphatic hydroxyl groups excluding tert-OH is 3. The van der Waals surface area contributed by atoms with Crippen molar-refractivity contribution in [2.24, 2.45) is 5.73 Å². The van der Waals surface area contributed by atoms with E-state index in [0.29, 0.717) is 33.1 Å². The molecule has 12 heteroatoms. The second-order valence-electron chi connectivity index (χ2n) is 6.89. The third-order valence-corrected chi connectivity index (χ3v) is 4.58. The molecular formula is C20H23ClFN3O7. The minimum atomic E-state index is -1.21. The SMILES string of the molecule is NC(CO)(CO)CO.O=C(O)CCc1noc2cc(OCc3ccc(F)cn3)c(Cl)cc12. The summed E-state index contributed by atoms with van der Waals surface area (Å²) < 4.78 is 23.6. The Morgan fingerprint density at radius 1 is 1.22 bits per heavy atom. The van der Waals surface area contributed by atoms with Gasteiger partial charge in [-0.2, -0.15) is 0 Å². The minimum Gasteiger partial charge on any atom is -0.486 e. The van der Waals surface area contributed by atoms with Crippen LogP contribution in [0.15, 0.2) is 35.0 Å². The van der Waals surface area contributed by atoms with Gasteiger partial charge >= 0.3 is 5.97 Å². The molecule has 174 valence electrons. The van der Waals surface area contributed by atoms with Gasteiger partial charge in [-0.25, -0.2) is 4.39 Å². The highest BCUT2D eigenvalue weighted by Crippen LogP contribution is 2.32. The number of fused-ring (bicyclic) bond motifs is 1. The first-order valence-electron chi connectivity index (χ1n) is 9.35. The van der Waals surface area contributed by atoms with Crippen LogP contribution in [-0.4, -0.2) is 61.9 Å². The van der Waals surface area contributed by atoms with Crippen molar-refractivity contribution >= 4 is 28.5 Å². The van der Waals surface area contributed by atoms with Gasteiger partial charge in [0.1, 0.15) is 18.2 Å². The van der Waals surface area contributed by atoms with Crippen molar-refractivity contribution < 1.29 is 38.9 Å². The van der Waals surface area contributed by atoms with E-state index in [0.717, 1.165) is 6.20 Å². The lowest BCUT2D eigenvalue weighted by molar-refractivity contribution is -0.136. The molecular weight excluding hydrogens is 449 g/mol. The van der Waals surface area contributed by atoms with Crippen LogP contribution in [0.1, 0.15) is 17.8 Å². The number of nitrogens with zero attached hydrogens (tertiary/aromatic N) is 2. The van der Waals surface area contributed by atoms with Crippen LogP contribution in [0.3, 0.4) is 0 Å². The molecule has 0 unspecified atom stereocenters. The lowest BCUT2D eigenvalue weighted by atomic mass is 10.1. The first kappa shape index (κ1) is 25.4. The highest BCUT2D eigenvalue weighted by Gasteiger charge is 2.20. The number of aliphatic hydroxyl groups is 3. The lowest BCUT2D eigenvalue weighted by Crippen LogP contribution is -2.50. The number of hydrogen-bond acceptors (Lipinski definition) is 9. The average Bonchev–Trinajstić information content (AvgIpc) is 3.18. The Labute approximate surface area is 187 Å². The van der Waals surface area contributed by atoms with Crippen molar-refractivity contribution in [3.05, 3.63) is 52.7 Å². The fraction of sp³-hybridized carbons (Fsp3) is 0.350. The maximum absolute atomic E-state index is 12.8.